The van der Waals surface area contributed by atoms with Gasteiger partial charge >= 0.3 is 0 Å². The van der Waals surface area contributed by atoms with Gasteiger partial charge in [-0.2, -0.15) is 0 Å². The third-order valence-corrected chi connectivity index (χ3v) is 6.13. The first-order valence-electron chi connectivity index (χ1n) is 9.92. The molecular weight excluding hydrogens is 350 g/mol. The molecule has 3 atom stereocenters. The number of carbonyl (C=O) groups is 1. The molecular formula is C23H27N3O2. The molecule has 1 fully saturated rings. The Morgan fingerprint density at radius 1 is 1.36 bits per heavy atom. The van der Waals surface area contributed by atoms with Crippen LogP contribution in [0.5, 0.6) is 0 Å². The zero-order valence-electron chi connectivity index (χ0n) is 16.5. The molecule has 3 heterocycles. The molecule has 5 heteroatoms. The first-order chi connectivity index (χ1) is 13.6. The average Bonchev–Trinajstić information content (AvgIpc) is 3.14. The zero-order valence-corrected chi connectivity index (χ0v) is 16.5. The molecule has 1 N–H and O–H groups in total. The second-order valence-corrected chi connectivity index (χ2v) is 7.70. The first-order valence-corrected chi connectivity index (χ1v) is 9.92. The maximum Gasteiger partial charge on any atom is 0.227 e. The molecule has 28 heavy (non-hydrogen) atoms. The number of aliphatic hydroxyl groups is 1. The Kier molecular flexibility index (Phi) is 5.18. The average molecular weight is 377 g/mol. The Balaban J connectivity index is 1.71. The van der Waals surface area contributed by atoms with E-state index in [4.69, 9.17) is 0 Å². The number of hydrogen-bond donors (Lipinski definition) is 1. The minimum atomic E-state index is 0.0118. The molecule has 4 rings (SSSR count). The molecule has 2 aliphatic heterocycles. The predicted octanol–water partition coefficient (Wildman–Crippen LogP) is 3.06. The number of anilines is 1. The number of allylic oxidation sites excluding steroid dienone is 1. The highest BCUT2D eigenvalue weighted by Gasteiger charge is 2.47. The molecule has 2 aliphatic rings. The van der Waals surface area contributed by atoms with E-state index in [1.54, 1.807) is 12.4 Å². The molecule has 1 aromatic carbocycles. The smallest absolute Gasteiger partial charge is 0.227 e. The molecule has 0 aliphatic carbocycles. The molecule has 1 amide bonds. The van der Waals surface area contributed by atoms with Gasteiger partial charge in [0, 0.05) is 37.6 Å². The molecule has 0 bridgehead atoms. The molecule has 1 aromatic heterocycles. The number of nitrogens with zero attached hydrogens (tertiary/aromatic N) is 3. The summed E-state index contributed by atoms with van der Waals surface area (Å²) in [5, 5.41) is 10.1. The summed E-state index contributed by atoms with van der Waals surface area (Å²) in [4.78, 5) is 21.5. The van der Waals surface area contributed by atoms with Crippen LogP contribution in [0.3, 0.4) is 0 Å². The molecule has 1 saturated heterocycles. The fourth-order valence-electron chi connectivity index (χ4n) is 4.83. The fraction of sp³-hybridized carbons (Fsp3) is 0.391. The summed E-state index contributed by atoms with van der Waals surface area (Å²) in [7, 11) is 2.05. The number of likely N-dealkylation sites (tertiary alicyclic amines) is 1. The van der Waals surface area contributed by atoms with E-state index in [0.717, 1.165) is 29.8 Å². The van der Waals surface area contributed by atoms with Crippen molar-refractivity contribution in [3.05, 3.63) is 65.5 Å². The van der Waals surface area contributed by atoms with Crippen molar-refractivity contribution in [2.45, 2.75) is 31.8 Å². The first kappa shape index (κ1) is 18.7. The lowest BCUT2D eigenvalue weighted by molar-refractivity contribution is -0.132. The van der Waals surface area contributed by atoms with E-state index in [2.05, 4.69) is 34.2 Å². The summed E-state index contributed by atoms with van der Waals surface area (Å²) >= 11 is 0. The number of carbonyl (C=O) groups excluding carboxylic acids is 1. The van der Waals surface area contributed by atoms with Crippen LogP contribution in [-0.4, -0.2) is 47.1 Å². The standard InChI is InChI=1S/C23H27N3O2/c1-3-5-16-7-8-20-19(12-16)23-18(21(15-27)25(20)2)9-11-26(23)22(28)13-17-6-4-10-24-14-17/h3-8,10,12,14,18,21,23,27H,9,11,13,15H2,1-2H3/t18-,21+,23-/m0/s1. The van der Waals surface area contributed by atoms with E-state index >= 15 is 0 Å². The number of hydrogen-bond acceptors (Lipinski definition) is 4. The fourth-order valence-corrected chi connectivity index (χ4v) is 4.83. The van der Waals surface area contributed by atoms with E-state index in [-0.39, 0.29) is 30.5 Å². The second kappa shape index (κ2) is 7.76. The lowest BCUT2D eigenvalue weighted by Crippen LogP contribution is -2.48. The van der Waals surface area contributed by atoms with Gasteiger partial charge in [0.15, 0.2) is 0 Å². The van der Waals surface area contributed by atoms with Crippen LogP contribution in [0, 0.1) is 5.92 Å². The van der Waals surface area contributed by atoms with Crippen molar-refractivity contribution in [1.82, 2.24) is 9.88 Å². The van der Waals surface area contributed by atoms with E-state index in [1.807, 2.05) is 37.1 Å². The lowest BCUT2D eigenvalue weighted by atomic mass is 9.81. The van der Waals surface area contributed by atoms with Gasteiger partial charge in [-0.15, -0.1) is 0 Å². The van der Waals surface area contributed by atoms with E-state index < -0.39 is 0 Å². The van der Waals surface area contributed by atoms with Crippen LogP contribution in [0.2, 0.25) is 0 Å². The molecule has 2 aromatic rings. The number of rotatable bonds is 4. The van der Waals surface area contributed by atoms with Crippen molar-refractivity contribution in [3.63, 3.8) is 0 Å². The van der Waals surface area contributed by atoms with Gasteiger partial charge in [0.25, 0.3) is 0 Å². The van der Waals surface area contributed by atoms with E-state index in [9.17, 15) is 9.90 Å². The van der Waals surface area contributed by atoms with E-state index in [1.165, 1.54) is 5.56 Å². The Morgan fingerprint density at radius 3 is 2.93 bits per heavy atom. The normalized spacial score (nSPS) is 23.8. The van der Waals surface area contributed by atoms with Crippen LogP contribution in [0.25, 0.3) is 6.08 Å². The van der Waals surface area contributed by atoms with Crippen molar-refractivity contribution in [3.8, 4) is 0 Å². The maximum atomic E-state index is 13.2. The van der Waals surface area contributed by atoms with Crippen molar-refractivity contribution >= 4 is 17.7 Å². The highest BCUT2D eigenvalue weighted by atomic mass is 16.3. The van der Waals surface area contributed by atoms with Crippen LogP contribution >= 0.6 is 0 Å². The number of aliphatic hydroxyl groups excluding tert-OH is 1. The van der Waals surface area contributed by atoms with Gasteiger partial charge in [0.05, 0.1) is 25.1 Å². The Bertz CT molecular complexity index is 881. The Hall–Kier alpha value is -2.66. The van der Waals surface area contributed by atoms with Gasteiger partial charge in [0.1, 0.15) is 0 Å². The number of benzene rings is 1. The van der Waals surface area contributed by atoms with Gasteiger partial charge < -0.3 is 14.9 Å². The second-order valence-electron chi connectivity index (χ2n) is 7.70. The number of aromatic nitrogens is 1. The van der Waals surface area contributed by atoms with Crippen LogP contribution in [-0.2, 0) is 11.2 Å². The Morgan fingerprint density at radius 2 is 2.21 bits per heavy atom. The topological polar surface area (TPSA) is 56.7 Å². The number of amides is 1. The number of fused-ring (bicyclic) bond motifs is 3. The summed E-state index contributed by atoms with van der Waals surface area (Å²) < 4.78 is 0. The van der Waals surface area contributed by atoms with Crippen molar-refractivity contribution in [1.29, 1.82) is 0 Å². The van der Waals surface area contributed by atoms with Gasteiger partial charge in [0.2, 0.25) is 5.91 Å². The summed E-state index contributed by atoms with van der Waals surface area (Å²) in [6.07, 6.45) is 8.87. The SMILES string of the molecule is CC=Cc1ccc2c(c1)[C@@H]1[C@@H](CCN1C(=O)Cc1cccnc1)[C@@H](CO)N2C. The number of likely N-dealkylation sites (N-methyl/N-ethyl adjacent to an activating group) is 1. The zero-order chi connectivity index (χ0) is 19.7. The van der Waals surface area contributed by atoms with Crippen LogP contribution in [0.15, 0.2) is 48.8 Å². The van der Waals surface area contributed by atoms with Gasteiger partial charge in [-0.1, -0.05) is 24.3 Å². The van der Waals surface area contributed by atoms with E-state index in [0.29, 0.717) is 6.42 Å². The van der Waals surface area contributed by atoms with Crippen LogP contribution in [0.1, 0.15) is 36.1 Å². The molecule has 0 saturated carbocycles. The predicted molar refractivity (Wildman–Crippen MR) is 111 cm³/mol. The van der Waals surface area contributed by atoms with Crippen LogP contribution in [0.4, 0.5) is 5.69 Å². The summed E-state index contributed by atoms with van der Waals surface area (Å²) in [5.41, 5.74) is 4.37. The maximum absolute atomic E-state index is 13.2. The van der Waals surface area contributed by atoms with Crippen LogP contribution < -0.4 is 4.90 Å². The highest BCUT2D eigenvalue weighted by molar-refractivity contribution is 5.80. The van der Waals surface area contributed by atoms with Crippen molar-refractivity contribution in [2.24, 2.45) is 5.92 Å². The minimum Gasteiger partial charge on any atom is -0.394 e. The Labute approximate surface area is 166 Å². The van der Waals surface area contributed by atoms with Gasteiger partial charge in [-0.3, -0.25) is 9.78 Å². The van der Waals surface area contributed by atoms with Gasteiger partial charge in [-0.25, -0.2) is 0 Å². The third-order valence-electron chi connectivity index (χ3n) is 6.13. The minimum absolute atomic E-state index is 0.0118. The third kappa shape index (κ3) is 3.20. The van der Waals surface area contributed by atoms with Crippen molar-refractivity contribution < 1.29 is 9.90 Å². The summed E-state index contributed by atoms with van der Waals surface area (Å²) in [5.74, 6) is 0.366. The van der Waals surface area contributed by atoms with Gasteiger partial charge in [-0.05, 0) is 48.2 Å². The van der Waals surface area contributed by atoms with Crippen molar-refractivity contribution in [2.75, 3.05) is 25.1 Å². The lowest BCUT2D eigenvalue weighted by Gasteiger charge is -2.44. The summed E-state index contributed by atoms with van der Waals surface area (Å²) in [6, 6.07) is 10.3. The molecule has 0 unspecified atom stereocenters. The monoisotopic (exact) mass is 377 g/mol. The molecule has 146 valence electrons. The highest BCUT2D eigenvalue weighted by Crippen LogP contribution is 2.48. The largest absolute Gasteiger partial charge is 0.394 e. The molecule has 0 radical (unpaired) electrons. The summed E-state index contributed by atoms with van der Waals surface area (Å²) in [6.45, 7) is 2.83. The number of pyridine rings is 1. The molecule has 0 spiro atoms. The molecule has 5 nitrogen and oxygen atoms in total. The quantitative estimate of drug-likeness (QED) is 0.890.